The number of aryl methyl sites for hydroxylation is 1. The van der Waals surface area contributed by atoms with Crippen LogP contribution in [0.1, 0.15) is 17.5 Å². The van der Waals surface area contributed by atoms with Crippen molar-refractivity contribution in [3.63, 3.8) is 0 Å². The van der Waals surface area contributed by atoms with Crippen molar-refractivity contribution in [2.45, 2.75) is 13.3 Å². The second kappa shape index (κ2) is 7.01. The second-order valence-corrected chi connectivity index (χ2v) is 4.60. The quantitative estimate of drug-likeness (QED) is 0.868. The van der Waals surface area contributed by atoms with Gasteiger partial charge in [0, 0.05) is 11.9 Å². The maximum atomic E-state index is 11.3. The third-order valence-corrected chi connectivity index (χ3v) is 2.83. The highest BCUT2D eigenvalue weighted by atomic mass is 16.1. The van der Waals surface area contributed by atoms with Gasteiger partial charge in [-0.3, -0.25) is 9.79 Å². The number of hydrogen-bond donors (Lipinski definition) is 1. The van der Waals surface area contributed by atoms with Crippen molar-refractivity contribution >= 4 is 23.5 Å². The van der Waals surface area contributed by atoms with Gasteiger partial charge in [0.15, 0.2) is 0 Å². The molecule has 0 saturated heterocycles. The van der Waals surface area contributed by atoms with Crippen LogP contribution in [0.15, 0.2) is 53.5 Å². The van der Waals surface area contributed by atoms with Gasteiger partial charge in [0.25, 0.3) is 0 Å². The SMILES string of the molecule is Cc1ccc(C=Nc2ccc(NC(=O)CC#N)cc2)cc1. The average Bonchev–Trinajstić information content (AvgIpc) is 2.48. The lowest BCUT2D eigenvalue weighted by molar-refractivity contribution is -0.115. The molecule has 1 amide bonds. The zero-order valence-electron chi connectivity index (χ0n) is 11.7. The minimum atomic E-state index is -0.312. The fourth-order valence-corrected chi connectivity index (χ4v) is 1.71. The van der Waals surface area contributed by atoms with Gasteiger partial charge in [0.05, 0.1) is 11.8 Å². The molecule has 0 heterocycles. The molecular formula is C17H15N3O. The molecular weight excluding hydrogens is 262 g/mol. The molecule has 0 aliphatic carbocycles. The van der Waals surface area contributed by atoms with E-state index >= 15 is 0 Å². The van der Waals surface area contributed by atoms with Gasteiger partial charge in [-0.15, -0.1) is 0 Å². The second-order valence-electron chi connectivity index (χ2n) is 4.60. The molecule has 2 aromatic carbocycles. The molecule has 0 unspecified atom stereocenters. The standard InChI is InChI=1S/C17H15N3O/c1-13-2-4-14(5-3-13)12-19-15-6-8-16(9-7-15)20-17(21)10-11-18/h2-9,12H,10H2,1H3,(H,20,21). The van der Waals surface area contributed by atoms with Crippen LogP contribution in [0.25, 0.3) is 0 Å². The Hall–Kier alpha value is -2.93. The Morgan fingerprint density at radius 3 is 2.48 bits per heavy atom. The molecule has 4 nitrogen and oxygen atoms in total. The summed E-state index contributed by atoms with van der Waals surface area (Å²) in [5.74, 6) is -0.312. The van der Waals surface area contributed by atoms with Crippen LogP contribution in [-0.4, -0.2) is 12.1 Å². The molecule has 2 rings (SSSR count). The molecule has 0 bridgehead atoms. The molecule has 0 aromatic heterocycles. The van der Waals surface area contributed by atoms with Crippen LogP contribution >= 0.6 is 0 Å². The van der Waals surface area contributed by atoms with Crippen LogP contribution in [-0.2, 0) is 4.79 Å². The molecule has 0 aliphatic heterocycles. The predicted molar refractivity (Wildman–Crippen MR) is 83.7 cm³/mol. The number of rotatable bonds is 4. The molecule has 0 saturated carbocycles. The van der Waals surface area contributed by atoms with E-state index in [0.717, 1.165) is 11.3 Å². The molecule has 0 atom stereocenters. The number of nitrogens with one attached hydrogen (secondary N) is 1. The van der Waals surface area contributed by atoms with Gasteiger partial charge >= 0.3 is 0 Å². The van der Waals surface area contributed by atoms with Gasteiger partial charge in [-0.05, 0) is 36.8 Å². The van der Waals surface area contributed by atoms with E-state index in [9.17, 15) is 4.79 Å². The topological polar surface area (TPSA) is 65.2 Å². The number of anilines is 1. The third kappa shape index (κ3) is 4.59. The Bertz CT molecular complexity index is 679. The Balaban J connectivity index is 2.00. The normalized spacial score (nSPS) is 10.3. The first-order valence-corrected chi connectivity index (χ1v) is 6.55. The van der Waals surface area contributed by atoms with E-state index in [2.05, 4.69) is 10.3 Å². The third-order valence-electron chi connectivity index (χ3n) is 2.83. The molecule has 21 heavy (non-hydrogen) atoms. The number of nitriles is 1. The monoisotopic (exact) mass is 277 g/mol. The zero-order chi connectivity index (χ0) is 15.1. The number of amides is 1. The molecule has 104 valence electrons. The van der Waals surface area contributed by atoms with Crippen molar-refractivity contribution in [2.24, 2.45) is 4.99 Å². The lowest BCUT2D eigenvalue weighted by Gasteiger charge is -2.02. The van der Waals surface area contributed by atoms with Crippen LogP contribution < -0.4 is 5.32 Å². The van der Waals surface area contributed by atoms with Gasteiger partial charge in [-0.1, -0.05) is 29.8 Å². The molecule has 4 heteroatoms. The number of hydrogen-bond acceptors (Lipinski definition) is 3. The van der Waals surface area contributed by atoms with Gasteiger partial charge in [-0.2, -0.15) is 5.26 Å². The van der Waals surface area contributed by atoms with E-state index in [-0.39, 0.29) is 12.3 Å². The first-order chi connectivity index (χ1) is 10.2. The van der Waals surface area contributed by atoms with E-state index in [1.807, 2.05) is 43.3 Å². The molecule has 0 radical (unpaired) electrons. The van der Waals surface area contributed by atoms with Crippen molar-refractivity contribution in [1.82, 2.24) is 0 Å². The van der Waals surface area contributed by atoms with Crippen molar-refractivity contribution in [2.75, 3.05) is 5.32 Å². The van der Waals surface area contributed by atoms with Gasteiger partial charge in [0.1, 0.15) is 6.42 Å². The van der Waals surface area contributed by atoms with Crippen LogP contribution in [0.4, 0.5) is 11.4 Å². The van der Waals surface area contributed by atoms with E-state index in [1.54, 1.807) is 24.4 Å². The highest BCUT2D eigenvalue weighted by Crippen LogP contribution is 2.16. The molecule has 1 N–H and O–H groups in total. The van der Waals surface area contributed by atoms with E-state index in [0.29, 0.717) is 5.69 Å². The van der Waals surface area contributed by atoms with Crippen molar-refractivity contribution in [1.29, 1.82) is 5.26 Å². The van der Waals surface area contributed by atoms with Gasteiger partial charge in [0.2, 0.25) is 5.91 Å². The van der Waals surface area contributed by atoms with E-state index in [4.69, 9.17) is 5.26 Å². The Labute approximate surface area is 123 Å². The first-order valence-electron chi connectivity index (χ1n) is 6.55. The molecule has 2 aromatic rings. The van der Waals surface area contributed by atoms with Crippen LogP contribution in [0, 0.1) is 18.3 Å². The maximum absolute atomic E-state index is 11.3. The Morgan fingerprint density at radius 1 is 1.19 bits per heavy atom. The summed E-state index contributed by atoms with van der Waals surface area (Å²) >= 11 is 0. The maximum Gasteiger partial charge on any atom is 0.238 e. The van der Waals surface area contributed by atoms with Gasteiger partial charge < -0.3 is 5.32 Å². The molecule has 0 spiro atoms. The Morgan fingerprint density at radius 2 is 1.86 bits per heavy atom. The number of nitrogens with zero attached hydrogens (tertiary/aromatic N) is 2. The van der Waals surface area contributed by atoms with Crippen LogP contribution in [0.2, 0.25) is 0 Å². The van der Waals surface area contributed by atoms with Crippen molar-refractivity contribution in [3.05, 3.63) is 59.7 Å². The predicted octanol–water partition coefficient (Wildman–Crippen LogP) is 3.60. The summed E-state index contributed by atoms with van der Waals surface area (Å²) in [7, 11) is 0. The first kappa shape index (κ1) is 14.5. The lowest BCUT2D eigenvalue weighted by Crippen LogP contribution is -2.09. The molecule has 0 fully saturated rings. The van der Waals surface area contributed by atoms with Crippen molar-refractivity contribution in [3.8, 4) is 6.07 Å². The van der Waals surface area contributed by atoms with E-state index in [1.165, 1.54) is 5.56 Å². The minimum absolute atomic E-state index is 0.146. The number of benzene rings is 2. The van der Waals surface area contributed by atoms with E-state index < -0.39 is 0 Å². The van der Waals surface area contributed by atoms with Crippen LogP contribution in [0.3, 0.4) is 0 Å². The summed E-state index contributed by atoms with van der Waals surface area (Å²) in [4.78, 5) is 15.6. The summed E-state index contributed by atoms with van der Waals surface area (Å²) in [6.07, 6.45) is 1.65. The average molecular weight is 277 g/mol. The number of carbonyl (C=O) groups excluding carboxylic acids is 1. The minimum Gasteiger partial charge on any atom is -0.325 e. The fourth-order valence-electron chi connectivity index (χ4n) is 1.71. The fraction of sp³-hybridized carbons (Fsp3) is 0.118. The van der Waals surface area contributed by atoms with Crippen molar-refractivity contribution < 1.29 is 4.79 Å². The summed E-state index contributed by atoms with van der Waals surface area (Å²) in [5, 5.41) is 11.1. The zero-order valence-corrected chi connectivity index (χ0v) is 11.7. The van der Waals surface area contributed by atoms with Crippen LogP contribution in [0.5, 0.6) is 0 Å². The summed E-state index contributed by atoms with van der Waals surface area (Å²) < 4.78 is 0. The highest BCUT2D eigenvalue weighted by molar-refractivity contribution is 5.92. The highest BCUT2D eigenvalue weighted by Gasteiger charge is 2.00. The summed E-state index contributed by atoms with van der Waals surface area (Å²) in [5.41, 5.74) is 3.70. The number of aliphatic imine (C=N–C) groups is 1. The Kier molecular flexibility index (Phi) is 4.84. The smallest absolute Gasteiger partial charge is 0.238 e. The molecule has 0 aliphatic rings. The summed E-state index contributed by atoms with van der Waals surface area (Å²) in [6.45, 7) is 2.04. The van der Waals surface area contributed by atoms with Gasteiger partial charge in [-0.25, -0.2) is 0 Å². The largest absolute Gasteiger partial charge is 0.325 e. The lowest BCUT2D eigenvalue weighted by atomic mass is 10.2. The summed E-state index contributed by atoms with van der Waals surface area (Å²) in [6, 6.07) is 17.0. The number of carbonyl (C=O) groups is 1.